The van der Waals surface area contributed by atoms with E-state index in [1.165, 1.54) is 110 Å². The summed E-state index contributed by atoms with van der Waals surface area (Å²) in [5.41, 5.74) is 19.0. The first kappa shape index (κ1) is 39.9. The molecule has 2 aliphatic rings. The van der Waals surface area contributed by atoms with Crippen LogP contribution in [-0.4, -0.2) is 0 Å². The number of hydrogen-bond donors (Lipinski definition) is 0. The normalized spacial score (nSPS) is 15.2. The number of hydrogen-bond acceptors (Lipinski definition) is 1. The van der Waals surface area contributed by atoms with Crippen molar-refractivity contribution < 1.29 is 0 Å². The Hall–Kier alpha value is -4.88. The van der Waals surface area contributed by atoms with E-state index < -0.39 is 0 Å². The molecule has 0 spiro atoms. The molecule has 8 rings (SSSR count). The van der Waals surface area contributed by atoms with Crippen molar-refractivity contribution in [3.63, 3.8) is 0 Å². The monoisotopic (exact) mass is 764 g/mol. The first-order chi connectivity index (χ1) is 27.9. The van der Waals surface area contributed by atoms with Gasteiger partial charge in [0.1, 0.15) is 0 Å². The van der Waals surface area contributed by atoms with Crippen LogP contribution in [0.3, 0.4) is 0 Å². The average Bonchev–Trinajstić information content (AvgIpc) is 3.49. The van der Waals surface area contributed by atoms with E-state index in [9.17, 15) is 0 Å². The second kappa shape index (κ2) is 16.1. The summed E-state index contributed by atoms with van der Waals surface area (Å²) in [7, 11) is 0. The van der Waals surface area contributed by atoms with Gasteiger partial charge in [-0.15, -0.1) is 0 Å². The van der Waals surface area contributed by atoms with E-state index in [0.29, 0.717) is 5.92 Å². The Labute approximate surface area is 350 Å². The van der Waals surface area contributed by atoms with E-state index in [0.717, 1.165) is 25.7 Å². The Morgan fingerprint density at radius 2 is 0.966 bits per heavy atom. The van der Waals surface area contributed by atoms with Gasteiger partial charge in [0, 0.05) is 22.5 Å². The van der Waals surface area contributed by atoms with Gasteiger partial charge in [0.15, 0.2) is 0 Å². The molecule has 1 fully saturated rings. The van der Waals surface area contributed by atoms with Gasteiger partial charge in [0.2, 0.25) is 0 Å². The van der Waals surface area contributed by atoms with Crippen LogP contribution < -0.4 is 4.90 Å². The van der Waals surface area contributed by atoms with Gasteiger partial charge in [0.05, 0.1) is 0 Å². The molecule has 0 aromatic heterocycles. The number of fused-ring (bicyclic) bond motifs is 3. The Morgan fingerprint density at radius 3 is 1.52 bits per heavy atom. The summed E-state index contributed by atoms with van der Waals surface area (Å²) < 4.78 is 0. The van der Waals surface area contributed by atoms with Crippen molar-refractivity contribution in [1.82, 2.24) is 0 Å². The minimum absolute atomic E-state index is 0.0420. The summed E-state index contributed by atoms with van der Waals surface area (Å²) >= 11 is 0. The summed E-state index contributed by atoms with van der Waals surface area (Å²) in [4.78, 5) is 2.50. The molecule has 0 saturated heterocycles. The molecule has 1 heteroatoms. The van der Waals surface area contributed by atoms with Crippen molar-refractivity contribution in [1.29, 1.82) is 0 Å². The first-order valence-electron chi connectivity index (χ1n) is 22.4. The number of benzene rings is 6. The van der Waals surface area contributed by atoms with Gasteiger partial charge in [-0.1, -0.05) is 185 Å². The van der Waals surface area contributed by atoms with Crippen LogP contribution in [-0.2, 0) is 16.2 Å². The van der Waals surface area contributed by atoms with Gasteiger partial charge >= 0.3 is 0 Å². The zero-order valence-corrected chi connectivity index (χ0v) is 36.6. The summed E-state index contributed by atoms with van der Waals surface area (Å²) in [5, 5.41) is 0. The minimum atomic E-state index is 0.0420. The highest BCUT2D eigenvalue weighted by Crippen LogP contribution is 2.55. The maximum atomic E-state index is 2.54. The molecule has 0 N–H and O–H groups in total. The fourth-order valence-corrected chi connectivity index (χ4v) is 10.2. The molecule has 0 heterocycles. The lowest BCUT2D eigenvalue weighted by Crippen LogP contribution is -2.25. The van der Waals surface area contributed by atoms with Crippen LogP contribution in [0.1, 0.15) is 147 Å². The second-order valence-electron chi connectivity index (χ2n) is 19.5. The highest BCUT2D eigenvalue weighted by Gasteiger charge is 2.42. The molecular weight excluding hydrogens is 699 g/mol. The van der Waals surface area contributed by atoms with Crippen LogP contribution in [0.5, 0.6) is 0 Å². The maximum Gasteiger partial charge on any atom is 0.0465 e. The topological polar surface area (TPSA) is 3.24 Å². The van der Waals surface area contributed by atoms with Crippen LogP contribution in [0, 0.1) is 0 Å². The Kier molecular flexibility index (Phi) is 11.0. The molecule has 0 bridgehead atoms. The average molecular weight is 764 g/mol. The van der Waals surface area contributed by atoms with Crippen molar-refractivity contribution in [2.75, 3.05) is 4.90 Å². The molecule has 1 saturated carbocycles. The van der Waals surface area contributed by atoms with Crippen molar-refractivity contribution in [2.24, 2.45) is 0 Å². The van der Waals surface area contributed by atoms with Gasteiger partial charge in [0.25, 0.3) is 0 Å². The third-order valence-electron chi connectivity index (χ3n) is 13.4. The van der Waals surface area contributed by atoms with E-state index >= 15 is 0 Å². The number of nitrogens with zero attached hydrogens (tertiary/aromatic N) is 1. The molecule has 6 aromatic rings. The predicted octanol–water partition coefficient (Wildman–Crippen LogP) is 17.0. The Morgan fingerprint density at radius 1 is 0.483 bits per heavy atom. The molecule has 58 heavy (non-hydrogen) atoms. The standard InChI is InChI=1S/C57H65N/c1-9-34-57(35-10-2)53-19-15-14-18-51(53)52-33-32-50(39-54(52)57)58(48-28-24-42(25-29-48)40-16-12-11-13-17-40)49-30-26-43(27-31-49)41-20-22-44(23-21-41)45-36-46(55(3,4)5)38-47(37-45)56(6,7)8/h14-15,18-33,36-40H,9-13,16-17,34-35H2,1-8H3. The lowest BCUT2D eigenvalue weighted by molar-refractivity contribution is 0.436. The molecule has 0 atom stereocenters. The number of rotatable bonds is 10. The highest BCUT2D eigenvalue weighted by atomic mass is 15.1. The van der Waals surface area contributed by atoms with E-state index in [4.69, 9.17) is 0 Å². The molecule has 0 radical (unpaired) electrons. The quantitative estimate of drug-likeness (QED) is 0.134. The lowest BCUT2D eigenvalue weighted by Gasteiger charge is -2.33. The molecule has 2 aliphatic carbocycles. The highest BCUT2D eigenvalue weighted by molar-refractivity contribution is 5.86. The predicted molar refractivity (Wildman–Crippen MR) is 251 cm³/mol. The molecule has 6 aromatic carbocycles. The molecule has 1 nitrogen and oxygen atoms in total. The summed E-state index contributed by atoms with van der Waals surface area (Å²) in [6, 6.07) is 51.8. The fraction of sp³-hybridized carbons (Fsp3) is 0.368. The van der Waals surface area contributed by atoms with E-state index in [1.807, 2.05) is 0 Å². The van der Waals surface area contributed by atoms with Gasteiger partial charge in [-0.05, 0) is 140 Å². The van der Waals surface area contributed by atoms with E-state index in [2.05, 4.69) is 194 Å². The van der Waals surface area contributed by atoms with Gasteiger partial charge in [-0.3, -0.25) is 0 Å². The smallest absolute Gasteiger partial charge is 0.0465 e. The molecule has 298 valence electrons. The largest absolute Gasteiger partial charge is 0.310 e. The van der Waals surface area contributed by atoms with Crippen LogP contribution >= 0.6 is 0 Å². The van der Waals surface area contributed by atoms with Crippen LogP contribution in [0.15, 0.2) is 133 Å². The minimum Gasteiger partial charge on any atom is -0.310 e. The van der Waals surface area contributed by atoms with E-state index in [1.54, 1.807) is 0 Å². The van der Waals surface area contributed by atoms with Crippen molar-refractivity contribution in [3.8, 4) is 33.4 Å². The SMILES string of the molecule is CCCC1(CCC)c2ccccc2-c2ccc(N(c3ccc(-c4ccc(-c5cc(C(C)(C)C)cc(C(C)(C)C)c5)cc4)cc3)c3ccc(C4CCCCC4)cc3)cc21. The van der Waals surface area contributed by atoms with Gasteiger partial charge in [-0.25, -0.2) is 0 Å². The Balaban J connectivity index is 1.17. The van der Waals surface area contributed by atoms with Crippen LogP contribution in [0.25, 0.3) is 33.4 Å². The van der Waals surface area contributed by atoms with Gasteiger partial charge < -0.3 is 4.90 Å². The zero-order valence-electron chi connectivity index (χ0n) is 36.6. The summed E-state index contributed by atoms with van der Waals surface area (Å²) in [5.74, 6) is 0.687. The van der Waals surface area contributed by atoms with Crippen molar-refractivity contribution in [3.05, 3.63) is 161 Å². The summed E-state index contributed by atoms with van der Waals surface area (Å²) in [6.45, 7) is 18.6. The fourth-order valence-electron chi connectivity index (χ4n) is 10.2. The van der Waals surface area contributed by atoms with Crippen LogP contribution in [0.2, 0.25) is 0 Å². The van der Waals surface area contributed by atoms with Crippen molar-refractivity contribution in [2.45, 2.75) is 135 Å². The molecular formula is C57H65N. The first-order valence-corrected chi connectivity index (χ1v) is 22.4. The van der Waals surface area contributed by atoms with Gasteiger partial charge in [-0.2, -0.15) is 0 Å². The maximum absolute atomic E-state index is 2.54. The van der Waals surface area contributed by atoms with Crippen LogP contribution in [0.4, 0.5) is 17.1 Å². The third kappa shape index (κ3) is 7.70. The van der Waals surface area contributed by atoms with Crippen molar-refractivity contribution >= 4 is 17.1 Å². The molecule has 0 amide bonds. The Bertz CT molecular complexity index is 2300. The molecule has 0 unspecified atom stereocenters. The lowest BCUT2D eigenvalue weighted by atomic mass is 9.71. The van der Waals surface area contributed by atoms with E-state index in [-0.39, 0.29) is 16.2 Å². The zero-order chi connectivity index (χ0) is 40.7. The summed E-state index contributed by atoms with van der Waals surface area (Å²) in [6.07, 6.45) is 11.4. The third-order valence-corrected chi connectivity index (χ3v) is 13.4. The molecule has 0 aliphatic heterocycles. The number of anilines is 3. The second-order valence-corrected chi connectivity index (χ2v) is 19.5.